The van der Waals surface area contributed by atoms with E-state index in [4.69, 9.17) is 33.0 Å². The van der Waals surface area contributed by atoms with Crippen molar-refractivity contribution in [1.29, 1.82) is 0 Å². The van der Waals surface area contributed by atoms with Gasteiger partial charge in [-0.15, -0.1) is 0 Å². The molecule has 0 bridgehead atoms. The van der Waals surface area contributed by atoms with Crippen LogP contribution in [0.2, 0.25) is 10.0 Å². The summed E-state index contributed by atoms with van der Waals surface area (Å²) in [7, 11) is 0. The van der Waals surface area contributed by atoms with Crippen LogP contribution in [0.15, 0.2) is 36.4 Å². The van der Waals surface area contributed by atoms with Crippen LogP contribution in [-0.2, 0) is 0 Å². The minimum atomic E-state index is -1.22. The topological polar surface area (TPSA) is 89.7 Å². The number of rotatable bonds is 4. The van der Waals surface area contributed by atoms with Gasteiger partial charge in [0.1, 0.15) is 11.3 Å². The molecule has 8 heteroatoms. The largest absolute Gasteiger partial charge is 0.478 e. The second-order valence-corrected chi connectivity index (χ2v) is 4.76. The summed E-state index contributed by atoms with van der Waals surface area (Å²) < 4.78 is 5.37. The molecule has 21 heavy (non-hydrogen) atoms. The predicted octanol–water partition coefficient (Wildman–Crippen LogP) is 4.39. The Balaban J connectivity index is 2.47. The quantitative estimate of drug-likeness (QED) is 0.664. The molecule has 0 atom stereocenters. The molecule has 0 aliphatic rings. The number of benzene rings is 2. The van der Waals surface area contributed by atoms with Gasteiger partial charge in [0.15, 0.2) is 5.75 Å². The molecule has 0 saturated carbocycles. The van der Waals surface area contributed by atoms with Crippen LogP contribution in [0.25, 0.3) is 0 Å². The standard InChI is InChI=1S/C13H7Cl2NO5/c14-7-1-3-9(13(17)18)11(5-7)21-12-6-8(16(19)20)2-4-10(12)15/h1-6H,(H,17,18). The number of hydrogen-bond donors (Lipinski definition) is 1. The highest BCUT2D eigenvalue weighted by molar-refractivity contribution is 6.32. The van der Waals surface area contributed by atoms with Crippen LogP contribution >= 0.6 is 23.2 Å². The van der Waals surface area contributed by atoms with Crippen molar-refractivity contribution in [2.75, 3.05) is 0 Å². The lowest BCUT2D eigenvalue weighted by molar-refractivity contribution is -0.384. The van der Waals surface area contributed by atoms with E-state index in [1.165, 1.54) is 30.3 Å². The van der Waals surface area contributed by atoms with Crippen LogP contribution in [0.4, 0.5) is 5.69 Å². The third kappa shape index (κ3) is 3.42. The molecule has 0 heterocycles. The second kappa shape index (κ2) is 5.99. The van der Waals surface area contributed by atoms with Gasteiger partial charge in [0.2, 0.25) is 0 Å². The van der Waals surface area contributed by atoms with Crippen molar-refractivity contribution in [3.8, 4) is 11.5 Å². The first-order chi connectivity index (χ1) is 9.88. The molecule has 0 unspecified atom stereocenters. The Morgan fingerprint density at radius 3 is 2.48 bits per heavy atom. The summed E-state index contributed by atoms with van der Waals surface area (Å²) in [4.78, 5) is 21.2. The predicted molar refractivity (Wildman–Crippen MR) is 76.6 cm³/mol. The molecule has 6 nitrogen and oxygen atoms in total. The second-order valence-electron chi connectivity index (χ2n) is 3.92. The molecular weight excluding hydrogens is 321 g/mol. The third-order valence-corrected chi connectivity index (χ3v) is 3.07. The first kappa shape index (κ1) is 15.1. The van der Waals surface area contributed by atoms with Crippen molar-refractivity contribution in [3.05, 3.63) is 62.1 Å². The fraction of sp³-hybridized carbons (Fsp3) is 0. The summed E-state index contributed by atoms with van der Waals surface area (Å²) in [5, 5.41) is 20.2. The van der Waals surface area contributed by atoms with E-state index in [1.807, 2.05) is 0 Å². The fourth-order valence-electron chi connectivity index (χ4n) is 1.56. The molecule has 0 aromatic heterocycles. The van der Waals surface area contributed by atoms with E-state index >= 15 is 0 Å². The maximum Gasteiger partial charge on any atom is 0.339 e. The molecular formula is C13H7Cl2NO5. The lowest BCUT2D eigenvalue weighted by Crippen LogP contribution is -2.00. The monoisotopic (exact) mass is 327 g/mol. The van der Waals surface area contributed by atoms with Gasteiger partial charge in [0.25, 0.3) is 5.69 Å². The number of carbonyl (C=O) groups is 1. The normalized spacial score (nSPS) is 10.2. The van der Waals surface area contributed by atoms with Crippen molar-refractivity contribution in [3.63, 3.8) is 0 Å². The molecule has 108 valence electrons. The molecule has 1 N–H and O–H groups in total. The molecule has 0 aliphatic carbocycles. The Kier molecular flexibility index (Phi) is 4.30. The van der Waals surface area contributed by atoms with Gasteiger partial charge >= 0.3 is 5.97 Å². The van der Waals surface area contributed by atoms with E-state index in [1.54, 1.807) is 0 Å². The van der Waals surface area contributed by atoms with E-state index < -0.39 is 10.9 Å². The number of ether oxygens (including phenoxy) is 1. The average Bonchev–Trinajstić information content (AvgIpc) is 2.40. The van der Waals surface area contributed by atoms with Crippen LogP contribution in [0, 0.1) is 10.1 Å². The van der Waals surface area contributed by atoms with Gasteiger partial charge in [-0.25, -0.2) is 4.79 Å². The van der Waals surface area contributed by atoms with Crippen molar-refractivity contribution >= 4 is 34.9 Å². The number of nitrogens with zero attached hydrogens (tertiary/aromatic N) is 1. The summed E-state index contributed by atoms with van der Waals surface area (Å²) in [5.74, 6) is -1.31. The fourth-order valence-corrected chi connectivity index (χ4v) is 1.88. The minimum absolute atomic E-state index is 0.0318. The molecule has 0 fully saturated rings. The highest BCUT2D eigenvalue weighted by Crippen LogP contribution is 2.35. The van der Waals surface area contributed by atoms with Gasteiger partial charge in [-0.05, 0) is 18.2 Å². The summed E-state index contributed by atoms with van der Waals surface area (Å²) in [6.07, 6.45) is 0. The van der Waals surface area contributed by atoms with Gasteiger partial charge in [-0.1, -0.05) is 23.2 Å². The van der Waals surface area contributed by atoms with Gasteiger partial charge in [-0.3, -0.25) is 10.1 Å². The number of nitro benzene ring substituents is 1. The summed E-state index contributed by atoms with van der Waals surface area (Å²) >= 11 is 11.7. The van der Waals surface area contributed by atoms with E-state index in [9.17, 15) is 14.9 Å². The van der Waals surface area contributed by atoms with Gasteiger partial charge in [-0.2, -0.15) is 0 Å². The van der Waals surface area contributed by atoms with Crippen molar-refractivity contribution in [2.45, 2.75) is 0 Å². The number of carboxylic acids is 1. The first-order valence-corrected chi connectivity index (χ1v) is 6.28. The van der Waals surface area contributed by atoms with E-state index in [0.29, 0.717) is 0 Å². The molecule has 0 aliphatic heterocycles. The SMILES string of the molecule is O=C(O)c1ccc(Cl)cc1Oc1cc([N+](=O)[O-])ccc1Cl. The molecule has 0 radical (unpaired) electrons. The Bertz CT molecular complexity index is 732. The maximum absolute atomic E-state index is 11.1. The Morgan fingerprint density at radius 1 is 1.14 bits per heavy atom. The summed E-state index contributed by atoms with van der Waals surface area (Å²) in [6.45, 7) is 0. The molecule has 0 saturated heterocycles. The number of non-ortho nitro benzene ring substituents is 1. The molecule has 2 rings (SSSR count). The van der Waals surface area contributed by atoms with E-state index in [2.05, 4.69) is 0 Å². The number of carboxylic acid groups (broad SMARTS) is 1. The molecule has 0 amide bonds. The summed E-state index contributed by atoms with van der Waals surface area (Å²) in [6, 6.07) is 7.57. The van der Waals surface area contributed by atoms with Gasteiger partial charge in [0.05, 0.1) is 16.0 Å². The molecule has 2 aromatic carbocycles. The minimum Gasteiger partial charge on any atom is -0.478 e. The number of halogens is 2. The van der Waals surface area contributed by atoms with Crippen LogP contribution in [0.5, 0.6) is 11.5 Å². The lowest BCUT2D eigenvalue weighted by atomic mass is 10.2. The number of nitro groups is 1. The number of hydrogen-bond acceptors (Lipinski definition) is 4. The zero-order chi connectivity index (χ0) is 15.6. The lowest BCUT2D eigenvalue weighted by Gasteiger charge is -2.10. The van der Waals surface area contributed by atoms with Crippen LogP contribution in [0.1, 0.15) is 10.4 Å². The van der Waals surface area contributed by atoms with Gasteiger partial charge in [0, 0.05) is 17.2 Å². The highest BCUT2D eigenvalue weighted by Gasteiger charge is 2.16. The zero-order valence-corrected chi connectivity index (χ0v) is 11.8. The van der Waals surface area contributed by atoms with Crippen LogP contribution < -0.4 is 4.74 Å². The van der Waals surface area contributed by atoms with Crippen LogP contribution in [0.3, 0.4) is 0 Å². The van der Waals surface area contributed by atoms with Crippen molar-refractivity contribution < 1.29 is 19.6 Å². The van der Waals surface area contributed by atoms with Gasteiger partial charge < -0.3 is 9.84 Å². The summed E-state index contributed by atoms with van der Waals surface area (Å²) in [5.41, 5.74) is -0.365. The average molecular weight is 328 g/mol. The first-order valence-electron chi connectivity index (χ1n) is 5.53. The van der Waals surface area contributed by atoms with Crippen molar-refractivity contribution in [2.24, 2.45) is 0 Å². The van der Waals surface area contributed by atoms with Crippen molar-refractivity contribution in [1.82, 2.24) is 0 Å². The molecule has 0 spiro atoms. The maximum atomic E-state index is 11.1. The smallest absolute Gasteiger partial charge is 0.339 e. The Labute approximate surface area is 128 Å². The molecule has 2 aromatic rings. The highest BCUT2D eigenvalue weighted by atomic mass is 35.5. The van der Waals surface area contributed by atoms with Crippen LogP contribution in [-0.4, -0.2) is 16.0 Å². The van der Waals surface area contributed by atoms with E-state index in [-0.39, 0.29) is 32.8 Å². The Hall–Kier alpha value is -2.31. The zero-order valence-electron chi connectivity index (χ0n) is 10.2. The van der Waals surface area contributed by atoms with E-state index in [0.717, 1.165) is 6.07 Å². The number of aromatic carboxylic acids is 1. The Morgan fingerprint density at radius 2 is 1.86 bits per heavy atom. The third-order valence-electron chi connectivity index (χ3n) is 2.52.